The number of benzene rings is 2. The molecule has 2 aromatic carbocycles. The predicted molar refractivity (Wildman–Crippen MR) is 106 cm³/mol. The van der Waals surface area contributed by atoms with E-state index in [4.69, 9.17) is 4.52 Å². The minimum absolute atomic E-state index is 0.0297. The molecule has 3 aromatic rings. The van der Waals surface area contributed by atoms with Gasteiger partial charge in [0.05, 0.1) is 0 Å². The largest absolute Gasteiger partial charge is 0.340 e. The van der Waals surface area contributed by atoms with E-state index in [0.717, 1.165) is 0 Å². The molecule has 1 aliphatic heterocycles. The van der Waals surface area contributed by atoms with Crippen LogP contribution in [0.25, 0.3) is 11.4 Å². The molecule has 1 amide bonds. The second-order valence-corrected chi connectivity index (χ2v) is 7.27. The molecule has 0 bridgehead atoms. The molecular weight excluding hydrogens is 390 g/mol. The summed E-state index contributed by atoms with van der Waals surface area (Å²) < 4.78 is 32.0. The van der Waals surface area contributed by atoms with Gasteiger partial charge in [0.1, 0.15) is 11.6 Å². The van der Waals surface area contributed by atoms with E-state index in [-0.39, 0.29) is 24.0 Å². The maximum absolute atomic E-state index is 13.8. The highest BCUT2D eigenvalue weighted by atomic mass is 19.1. The van der Waals surface area contributed by atoms with Gasteiger partial charge in [0.25, 0.3) is 0 Å². The number of carbonyl (C=O) groups excluding carboxylic acids is 1. The van der Waals surface area contributed by atoms with Crippen LogP contribution in [0.4, 0.5) is 8.78 Å². The van der Waals surface area contributed by atoms with Crippen LogP contribution in [0.5, 0.6) is 0 Å². The smallest absolute Gasteiger partial charge is 0.227 e. The summed E-state index contributed by atoms with van der Waals surface area (Å²) in [6, 6.07) is 12.6. The molecule has 6 nitrogen and oxygen atoms in total. The average Bonchev–Trinajstić information content (AvgIpc) is 3.24. The van der Waals surface area contributed by atoms with E-state index in [1.54, 1.807) is 24.3 Å². The number of amides is 1. The fraction of sp³-hybridized carbons (Fsp3) is 0.318. The molecule has 0 N–H and O–H groups in total. The lowest BCUT2D eigenvalue weighted by molar-refractivity contribution is -0.133. The third kappa shape index (κ3) is 4.88. The monoisotopic (exact) mass is 412 g/mol. The molecule has 0 unspecified atom stereocenters. The van der Waals surface area contributed by atoms with Gasteiger partial charge in [0.15, 0.2) is 0 Å². The molecule has 0 atom stereocenters. The number of rotatable bonds is 6. The van der Waals surface area contributed by atoms with Crippen LogP contribution in [0.2, 0.25) is 0 Å². The number of hydrogen-bond donors (Lipinski definition) is 0. The molecule has 30 heavy (non-hydrogen) atoms. The standard InChI is InChI=1S/C22H22F2N4O2/c23-18-7-5-16(6-8-18)22-25-20(30-26-22)9-10-21(29)28-13-11-27(12-14-28)15-17-3-1-2-4-19(17)24/h1-8H,9-15H2. The first-order valence-corrected chi connectivity index (χ1v) is 9.90. The topological polar surface area (TPSA) is 62.5 Å². The van der Waals surface area contributed by atoms with Gasteiger partial charge in [-0.15, -0.1) is 0 Å². The van der Waals surface area contributed by atoms with Crippen molar-refractivity contribution in [2.24, 2.45) is 0 Å². The van der Waals surface area contributed by atoms with Crippen molar-refractivity contribution in [3.63, 3.8) is 0 Å². The Morgan fingerprint density at radius 3 is 2.47 bits per heavy atom. The quantitative estimate of drug-likeness (QED) is 0.622. The first-order chi connectivity index (χ1) is 14.6. The second kappa shape index (κ2) is 9.13. The maximum Gasteiger partial charge on any atom is 0.227 e. The van der Waals surface area contributed by atoms with E-state index in [1.807, 2.05) is 11.0 Å². The van der Waals surface area contributed by atoms with Crippen molar-refractivity contribution < 1.29 is 18.1 Å². The third-order valence-corrected chi connectivity index (χ3v) is 5.20. The first kappa shape index (κ1) is 20.2. The molecule has 1 fully saturated rings. The summed E-state index contributed by atoms with van der Waals surface area (Å²) in [4.78, 5) is 20.8. The van der Waals surface area contributed by atoms with Crippen molar-refractivity contribution in [3.8, 4) is 11.4 Å². The number of piperazine rings is 1. The van der Waals surface area contributed by atoms with Gasteiger partial charge < -0.3 is 9.42 Å². The van der Waals surface area contributed by atoms with E-state index < -0.39 is 0 Å². The molecule has 2 heterocycles. The van der Waals surface area contributed by atoms with Gasteiger partial charge in [-0.1, -0.05) is 23.4 Å². The lowest BCUT2D eigenvalue weighted by Gasteiger charge is -2.34. The van der Waals surface area contributed by atoms with Gasteiger partial charge in [-0.25, -0.2) is 8.78 Å². The summed E-state index contributed by atoms with van der Waals surface area (Å²) in [7, 11) is 0. The van der Waals surface area contributed by atoms with Crippen molar-refractivity contribution in [2.75, 3.05) is 26.2 Å². The third-order valence-electron chi connectivity index (χ3n) is 5.20. The summed E-state index contributed by atoms with van der Waals surface area (Å²) in [6.07, 6.45) is 0.626. The molecule has 0 radical (unpaired) electrons. The SMILES string of the molecule is O=C(CCc1nc(-c2ccc(F)cc2)no1)N1CCN(Cc2ccccc2F)CC1. The van der Waals surface area contributed by atoms with Gasteiger partial charge in [-0.05, 0) is 30.3 Å². The fourth-order valence-electron chi connectivity index (χ4n) is 3.47. The maximum atomic E-state index is 13.8. The Kier molecular flexibility index (Phi) is 6.13. The summed E-state index contributed by atoms with van der Waals surface area (Å²) in [5.41, 5.74) is 1.33. The summed E-state index contributed by atoms with van der Waals surface area (Å²) in [5.74, 6) is 0.250. The Labute approximate surface area is 173 Å². The lowest BCUT2D eigenvalue weighted by atomic mass is 10.1. The molecule has 1 aliphatic rings. The van der Waals surface area contributed by atoms with E-state index in [9.17, 15) is 13.6 Å². The Morgan fingerprint density at radius 1 is 1.00 bits per heavy atom. The Hall–Kier alpha value is -3.13. The van der Waals surface area contributed by atoms with E-state index in [0.29, 0.717) is 62.0 Å². The molecule has 0 aliphatic carbocycles. The zero-order chi connectivity index (χ0) is 20.9. The summed E-state index contributed by atoms with van der Waals surface area (Å²) in [5, 5.41) is 3.89. The van der Waals surface area contributed by atoms with Crippen LogP contribution in [0, 0.1) is 11.6 Å². The van der Waals surface area contributed by atoms with Crippen LogP contribution >= 0.6 is 0 Å². The van der Waals surface area contributed by atoms with Crippen LogP contribution in [0.3, 0.4) is 0 Å². The Bertz CT molecular complexity index is 998. The molecule has 1 aromatic heterocycles. The molecule has 4 rings (SSSR count). The zero-order valence-corrected chi connectivity index (χ0v) is 16.4. The normalized spacial score (nSPS) is 14.8. The summed E-state index contributed by atoms with van der Waals surface area (Å²) >= 11 is 0. The van der Waals surface area contributed by atoms with Crippen LogP contribution < -0.4 is 0 Å². The van der Waals surface area contributed by atoms with Crippen molar-refractivity contribution in [2.45, 2.75) is 19.4 Å². The van der Waals surface area contributed by atoms with Crippen molar-refractivity contribution in [1.29, 1.82) is 0 Å². The summed E-state index contributed by atoms with van der Waals surface area (Å²) in [6.45, 7) is 3.17. The molecule has 0 saturated carbocycles. The van der Waals surface area contributed by atoms with Crippen molar-refractivity contribution in [3.05, 3.63) is 71.6 Å². The van der Waals surface area contributed by atoms with Gasteiger partial charge in [0.2, 0.25) is 17.6 Å². The zero-order valence-electron chi connectivity index (χ0n) is 16.4. The number of carbonyl (C=O) groups is 1. The number of halogens is 2. The van der Waals surface area contributed by atoms with Gasteiger partial charge in [-0.2, -0.15) is 4.98 Å². The molecule has 156 valence electrons. The number of hydrogen-bond acceptors (Lipinski definition) is 5. The minimum atomic E-state index is -0.331. The Morgan fingerprint density at radius 2 is 1.73 bits per heavy atom. The van der Waals surface area contributed by atoms with E-state index in [2.05, 4.69) is 15.0 Å². The second-order valence-electron chi connectivity index (χ2n) is 7.27. The van der Waals surface area contributed by atoms with Crippen molar-refractivity contribution >= 4 is 5.91 Å². The highest BCUT2D eigenvalue weighted by Gasteiger charge is 2.22. The van der Waals surface area contributed by atoms with Crippen LogP contribution in [0.15, 0.2) is 53.1 Å². The van der Waals surface area contributed by atoms with Crippen LogP contribution in [-0.2, 0) is 17.8 Å². The first-order valence-electron chi connectivity index (χ1n) is 9.90. The van der Waals surface area contributed by atoms with Crippen molar-refractivity contribution in [1.82, 2.24) is 19.9 Å². The van der Waals surface area contributed by atoms with Gasteiger partial charge in [-0.3, -0.25) is 9.69 Å². The molecule has 1 saturated heterocycles. The highest BCUT2D eigenvalue weighted by molar-refractivity contribution is 5.76. The highest BCUT2D eigenvalue weighted by Crippen LogP contribution is 2.17. The van der Waals surface area contributed by atoms with Gasteiger partial charge in [0, 0.05) is 56.7 Å². The number of aromatic nitrogens is 2. The average molecular weight is 412 g/mol. The van der Waals surface area contributed by atoms with Gasteiger partial charge >= 0.3 is 0 Å². The number of nitrogens with zero attached hydrogens (tertiary/aromatic N) is 4. The molecule has 0 spiro atoms. The number of aryl methyl sites for hydroxylation is 1. The minimum Gasteiger partial charge on any atom is -0.340 e. The predicted octanol–water partition coefficient (Wildman–Crippen LogP) is 3.29. The fourth-order valence-corrected chi connectivity index (χ4v) is 3.47. The Balaban J connectivity index is 1.24. The molecular formula is C22H22F2N4O2. The molecule has 8 heteroatoms. The van der Waals surface area contributed by atoms with E-state index >= 15 is 0 Å². The van der Waals surface area contributed by atoms with E-state index in [1.165, 1.54) is 18.2 Å². The lowest BCUT2D eigenvalue weighted by Crippen LogP contribution is -2.48. The van der Waals surface area contributed by atoms with Crippen LogP contribution in [0.1, 0.15) is 17.9 Å². The van der Waals surface area contributed by atoms with Crippen LogP contribution in [-0.4, -0.2) is 52.0 Å².